The molecule has 2 aromatic rings. The molecular weight excluding hydrogens is 264 g/mol. The minimum Gasteiger partial charge on any atom is -0.478 e. The molecule has 0 unspecified atom stereocenters. The Kier molecular flexibility index (Phi) is 5.27. The lowest BCUT2D eigenvalue weighted by Gasteiger charge is -2.03. The molecule has 2 rings (SSSR count). The van der Waals surface area contributed by atoms with Gasteiger partial charge in [0.15, 0.2) is 0 Å². The van der Waals surface area contributed by atoms with Gasteiger partial charge < -0.3 is 5.11 Å². The van der Waals surface area contributed by atoms with E-state index in [1.807, 2.05) is 30.3 Å². The number of Topliss-reactive ketones (excluding diaryl/α,β-unsaturated/α-hetero) is 1. The van der Waals surface area contributed by atoms with E-state index in [1.165, 1.54) is 5.56 Å². The van der Waals surface area contributed by atoms with Crippen molar-refractivity contribution >= 4 is 11.8 Å². The largest absolute Gasteiger partial charge is 0.478 e. The Balaban J connectivity index is 1.77. The first-order chi connectivity index (χ1) is 10.1. The quantitative estimate of drug-likeness (QED) is 0.845. The number of hydrogen-bond donors (Lipinski definition) is 1. The molecule has 0 amide bonds. The van der Waals surface area contributed by atoms with Crippen LogP contribution in [0.5, 0.6) is 0 Å². The Labute approximate surface area is 124 Å². The van der Waals surface area contributed by atoms with Crippen molar-refractivity contribution in [3.63, 3.8) is 0 Å². The van der Waals surface area contributed by atoms with E-state index >= 15 is 0 Å². The minimum absolute atomic E-state index is 0.237. The molecule has 108 valence electrons. The standard InChI is InChI=1S/C18H18O3/c19-17(12-8-14-4-2-1-3-5-14)13-9-15-6-10-16(11-7-15)18(20)21/h1-7,10-11H,8-9,12-13H2,(H,20,21). The highest BCUT2D eigenvalue weighted by molar-refractivity contribution is 5.87. The van der Waals surface area contributed by atoms with Gasteiger partial charge in [-0.05, 0) is 36.1 Å². The molecule has 0 bridgehead atoms. The summed E-state index contributed by atoms with van der Waals surface area (Å²) in [5.74, 6) is -0.693. The third kappa shape index (κ3) is 4.88. The highest BCUT2D eigenvalue weighted by atomic mass is 16.4. The van der Waals surface area contributed by atoms with Crippen LogP contribution >= 0.6 is 0 Å². The number of hydrogen-bond acceptors (Lipinski definition) is 2. The van der Waals surface area contributed by atoms with Crippen LogP contribution in [0.15, 0.2) is 54.6 Å². The summed E-state index contributed by atoms with van der Waals surface area (Å²) in [6, 6.07) is 16.7. The Morgan fingerprint density at radius 2 is 1.29 bits per heavy atom. The third-order valence-corrected chi connectivity index (χ3v) is 3.43. The van der Waals surface area contributed by atoms with Crippen molar-refractivity contribution in [2.24, 2.45) is 0 Å². The van der Waals surface area contributed by atoms with Crippen LogP contribution in [0.1, 0.15) is 34.3 Å². The zero-order valence-electron chi connectivity index (χ0n) is 11.8. The number of ketones is 1. The summed E-state index contributed by atoms with van der Waals surface area (Å²) in [4.78, 5) is 22.6. The molecule has 0 atom stereocenters. The molecule has 0 aliphatic heterocycles. The van der Waals surface area contributed by atoms with Gasteiger partial charge in [0, 0.05) is 12.8 Å². The molecule has 0 radical (unpaired) electrons. The van der Waals surface area contributed by atoms with Crippen LogP contribution in [-0.4, -0.2) is 16.9 Å². The number of aryl methyl sites for hydroxylation is 2. The van der Waals surface area contributed by atoms with Crippen molar-refractivity contribution in [2.75, 3.05) is 0 Å². The van der Waals surface area contributed by atoms with Gasteiger partial charge in [0.25, 0.3) is 0 Å². The number of carboxylic acids is 1. The van der Waals surface area contributed by atoms with Crippen molar-refractivity contribution in [2.45, 2.75) is 25.7 Å². The second-order valence-electron chi connectivity index (χ2n) is 5.03. The van der Waals surface area contributed by atoms with E-state index in [0.29, 0.717) is 19.3 Å². The van der Waals surface area contributed by atoms with Gasteiger partial charge in [-0.15, -0.1) is 0 Å². The molecule has 0 aliphatic carbocycles. The Bertz CT molecular complexity index is 600. The summed E-state index contributed by atoms with van der Waals surface area (Å²) in [7, 11) is 0. The van der Waals surface area contributed by atoms with E-state index in [9.17, 15) is 9.59 Å². The topological polar surface area (TPSA) is 54.4 Å². The lowest BCUT2D eigenvalue weighted by atomic mass is 10.0. The molecule has 21 heavy (non-hydrogen) atoms. The van der Waals surface area contributed by atoms with Gasteiger partial charge in [-0.3, -0.25) is 4.79 Å². The number of aromatic carboxylic acids is 1. The van der Waals surface area contributed by atoms with Crippen molar-refractivity contribution in [1.82, 2.24) is 0 Å². The molecule has 3 heteroatoms. The zero-order valence-corrected chi connectivity index (χ0v) is 11.8. The maximum absolute atomic E-state index is 11.9. The number of benzene rings is 2. The van der Waals surface area contributed by atoms with E-state index in [4.69, 9.17) is 5.11 Å². The Morgan fingerprint density at radius 3 is 1.81 bits per heavy atom. The number of carboxylic acid groups (broad SMARTS) is 1. The predicted octanol–water partition coefficient (Wildman–Crippen LogP) is 3.52. The lowest BCUT2D eigenvalue weighted by molar-refractivity contribution is -0.119. The molecule has 0 aliphatic rings. The van der Waals surface area contributed by atoms with Crippen LogP contribution in [0, 0.1) is 0 Å². The summed E-state index contributed by atoms with van der Waals surface area (Å²) < 4.78 is 0. The van der Waals surface area contributed by atoms with Gasteiger partial charge in [0.05, 0.1) is 5.56 Å². The molecule has 0 fully saturated rings. The second-order valence-corrected chi connectivity index (χ2v) is 5.03. The monoisotopic (exact) mass is 282 g/mol. The van der Waals surface area contributed by atoms with E-state index in [2.05, 4.69) is 0 Å². The minimum atomic E-state index is -0.930. The van der Waals surface area contributed by atoms with Gasteiger partial charge in [-0.25, -0.2) is 4.79 Å². The average Bonchev–Trinajstić information content (AvgIpc) is 2.52. The highest BCUT2D eigenvalue weighted by Crippen LogP contribution is 2.09. The molecule has 0 heterocycles. The van der Waals surface area contributed by atoms with Crippen LogP contribution in [0.25, 0.3) is 0 Å². The van der Waals surface area contributed by atoms with Crippen LogP contribution in [0.2, 0.25) is 0 Å². The molecule has 0 spiro atoms. The van der Waals surface area contributed by atoms with Crippen LogP contribution in [0.4, 0.5) is 0 Å². The van der Waals surface area contributed by atoms with Crippen LogP contribution in [-0.2, 0) is 17.6 Å². The second kappa shape index (κ2) is 7.39. The van der Waals surface area contributed by atoms with Crippen LogP contribution in [0.3, 0.4) is 0 Å². The van der Waals surface area contributed by atoms with Gasteiger partial charge >= 0.3 is 5.97 Å². The molecule has 2 aromatic carbocycles. The van der Waals surface area contributed by atoms with E-state index in [1.54, 1.807) is 24.3 Å². The smallest absolute Gasteiger partial charge is 0.335 e. The molecule has 0 saturated carbocycles. The van der Waals surface area contributed by atoms with Crippen molar-refractivity contribution < 1.29 is 14.7 Å². The number of carbonyl (C=O) groups excluding carboxylic acids is 1. The molecule has 1 N–H and O–H groups in total. The van der Waals surface area contributed by atoms with Crippen molar-refractivity contribution in [3.05, 3.63) is 71.3 Å². The lowest BCUT2D eigenvalue weighted by Crippen LogP contribution is -2.02. The SMILES string of the molecule is O=C(CCc1ccccc1)CCc1ccc(C(=O)O)cc1. The average molecular weight is 282 g/mol. The van der Waals surface area contributed by atoms with E-state index in [0.717, 1.165) is 12.0 Å². The third-order valence-electron chi connectivity index (χ3n) is 3.43. The molecule has 3 nitrogen and oxygen atoms in total. The van der Waals surface area contributed by atoms with Crippen molar-refractivity contribution in [3.8, 4) is 0 Å². The van der Waals surface area contributed by atoms with Gasteiger partial charge in [-0.2, -0.15) is 0 Å². The van der Waals surface area contributed by atoms with Crippen molar-refractivity contribution in [1.29, 1.82) is 0 Å². The summed E-state index contributed by atoms with van der Waals surface area (Å²) in [6.07, 6.45) is 2.49. The first-order valence-corrected chi connectivity index (χ1v) is 7.03. The highest BCUT2D eigenvalue weighted by Gasteiger charge is 2.05. The summed E-state index contributed by atoms with van der Waals surface area (Å²) in [5, 5.41) is 8.82. The Morgan fingerprint density at radius 1 is 0.762 bits per heavy atom. The van der Waals surface area contributed by atoms with E-state index in [-0.39, 0.29) is 11.3 Å². The van der Waals surface area contributed by atoms with Crippen LogP contribution < -0.4 is 0 Å². The zero-order chi connectivity index (χ0) is 15.1. The fourth-order valence-corrected chi connectivity index (χ4v) is 2.15. The fourth-order valence-electron chi connectivity index (χ4n) is 2.15. The summed E-state index contributed by atoms with van der Waals surface area (Å²) in [5.41, 5.74) is 2.44. The number of carbonyl (C=O) groups is 2. The van der Waals surface area contributed by atoms with E-state index < -0.39 is 5.97 Å². The predicted molar refractivity (Wildman–Crippen MR) is 81.5 cm³/mol. The van der Waals surface area contributed by atoms with Gasteiger partial charge in [0.2, 0.25) is 0 Å². The van der Waals surface area contributed by atoms with Gasteiger partial charge in [-0.1, -0.05) is 42.5 Å². The maximum atomic E-state index is 11.9. The first-order valence-electron chi connectivity index (χ1n) is 7.03. The molecule has 0 aromatic heterocycles. The Hall–Kier alpha value is -2.42. The molecular formula is C18H18O3. The fraction of sp³-hybridized carbons (Fsp3) is 0.222. The summed E-state index contributed by atoms with van der Waals surface area (Å²) in [6.45, 7) is 0. The maximum Gasteiger partial charge on any atom is 0.335 e. The summed E-state index contributed by atoms with van der Waals surface area (Å²) >= 11 is 0. The van der Waals surface area contributed by atoms with Gasteiger partial charge in [0.1, 0.15) is 5.78 Å². The molecule has 0 saturated heterocycles. The first kappa shape index (κ1) is 15.0. The normalized spacial score (nSPS) is 10.3. The number of rotatable bonds is 7.